The molecule has 0 radical (unpaired) electrons. The highest BCUT2D eigenvalue weighted by Gasteiger charge is 2.38. The van der Waals surface area contributed by atoms with E-state index < -0.39 is 19.1 Å². The number of benzene rings is 1. The van der Waals surface area contributed by atoms with Crippen LogP contribution < -0.4 is 16.0 Å². The fourth-order valence-corrected chi connectivity index (χ4v) is 4.43. The van der Waals surface area contributed by atoms with Gasteiger partial charge in [0.1, 0.15) is 11.7 Å². The lowest BCUT2D eigenvalue weighted by Gasteiger charge is -2.33. The molecule has 2 aromatic rings. The molecule has 2 atom stereocenters. The van der Waals surface area contributed by atoms with E-state index in [1.165, 1.54) is 18.6 Å². The Morgan fingerprint density at radius 1 is 1.08 bits per heavy atom. The summed E-state index contributed by atoms with van der Waals surface area (Å²) in [6.45, 7) is 6.45. The summed E-state index contributed by atoms with van der Waals surface area (Å²) in [5.74, 6) is -0.382. The molecule has 200 valence electrons. The van der Waals surface area contributed by atoms with Crippen LogP contribution in [0.5, 0.6) is 0 Å². The Bertz CT molecular complexity index is 942. The van der Waals surface area contributed by atoms with Crippen molar-refractivity contribution in [2.24, 2.45) is 11.8 Å². The van der Waals surface area contributed by atoms with Gasteiger partial charge < -0.3 is 25.3 Å². The number of nitrogens with zero attached hydrogens (tertiary/aromatic N) is 2. The highest BCUT2D eigenvalue weighted by atomic mass is 16.6. The number of carbonyl (C=O) groups is 2. The third-order valence-electron chi connectivity index (χ3n) is 6.36. The maximum Gasteiger partial charge on any atom is 0.480 e. The average Bonchev–Trinajstić information content (AvgIpc) is 2.91. The molecule has 0 aliphatic carbocycles. The largest absolute Gasteiger partial charge is 0.480 e. The topological polar surface area (TPSA) is 114 Å². The van der Waals surface area contributed by atoms with Crippen LogP contribution in [0.4, 0.5) is 0 Å². The number of nitrogens with one attached hydrogen (secondary N) is 3. The summed E-state index contributed by atoms with van der Waals surface area (Å²) in [4.78, 5) is 34.4. The molecule has 0 unspecified atom stereocenters. The van der Waals surface area contributed by atoms with Crippen molar-refractivity contribution in [3.05, 3.63) is 60.2 Å². The van der Waals surface area contributed by atoms with Crippen LogP contribution in [0.1, 0.15) is 55.6 Å². The molecule has 1 aliphatic rings. The van der Waals surface area contributed by atoms with Crippen LogP contribution in [0.2, 0.25) is 0 Å². The Morgan fingerprint density at radius 2 is 1.84 bits per heavy atom. The summed E-state index contributed by atoms with van der Waals surface area (Å²) in [5.41, 5.74) is 1.10. The van der Waals surface area contributed by atoms with Crippen molar-refractivity contribution >= 4 is 18.9 Å². The number of hydrogen-bond acceptors (Lipinski definition) is 7. The maximum atomic E-state index is 13.5. The molecule has 1 aromatic heterocycles. The van der Waals surface area contributed by atoms with Gasteiger partial charge >= 0.3 is 7.12 Å². The molecule has 9 nitrogen and oxygen atoms in total. The van der Waals surface area contributed by atoms with Gasteiger partial charge in [0.15, 0.2) is 0 Å². The highest BCUT2D eigenvalue weighted by molar-refractivity contribution is 6.47. The summed E-state index contributed by atoms with van der Waals surface area (Å²) < 4.78 is 12.2. The number of unbranched alkanes of at least 4 members (excludes halogenated alkanes) is 1. The Morgan fingerprint density at radius 3 is 2.49 bits per heavy atom. The van der Waals surface area contributed by atoms with Gasteiger partial charge in [-0.2, -0.15) is 0 Å². The average molecular weight is 509 g/mol. The molecular formula is C27H40BN5O4. The third-order valence-corrected chi connectivity index (χ3v) is 6.36. The van der Waals surface area contributed by atoms with Gasteiger partial charge in [-0.15, -0.1) is 0 Å². The minimum atomic E-state index is -0.796. The number of hydrogen-bond donors (Lipinski definition) is 3. The lowest BCUT2D eigenvalue weighted by Crippen LogP contribution is -2.57. The molecule has 10 heteroatoms. The van der Waals surface area contributed by atoms with Crippen molar-refractivity contribution < 1.29 is 18.9 Å². The van der Waals surface area contributed by atoms with Crippen LogP contribution in [0, 0.1) is 11.8 Å². The molecular weight excluding hydrogens is 469 g/mol. The fourth-order valence-electron chi connectivity index (χ4n) is 4.43. The molecule has 0 saturated carbocycles. The summed E-state index contributed by atoms with van der Waals surface area (Å²) in [6.07, 6.45) is 8.68. The van der Waals surface area contributed by atoms with Gasteiger partial charge in [-0.1, -0.05) is 50.6 Å². The summed E-state index contributed by atoms with van der Waals surface area (Å²) >= 11 is 0. The zero-order valence-corrected chi connectivity index (χ0v) is 22.2. The van der Waals surface area contributed by atoms with E-state index in [1.54, 1.807) is 0 Å². The van der Waals surface area contributed by atoms with Gasteiger partial charge in [-0.05, 0) is 44.3 Å². The van der Waals surface area contributed by atoms with Crippen molar-refractivity contribution in [2.75, 3.05) is 26.8 Å². The van der Waals surface area contributed by atoms with E-state index in [2.05, 4.69) is 39.8 Å². The minimum absolute atomic E-state index is 0.159. The zero-order valence-electron chi connectivity index (χ0n) is 22.2. The molecule has 0 spiro atoms. The first-order valence-electron chi connectivity index (χ1n) is 13.2. The van der Waals surface area contributed by atoms with Gasteiger partial charge in [0.2, 0.25) is 5.91 Å². The molecule has 1 saturated heterocycles. The predicted molar refractivity (Wildman–Crippen MR) is 144 cm³/mol. The standard InChI is InChI=1S/C27H40BN5O4/c1-20(2)15-25(28-36-18-22(19-37-28)11-7-8-12-29-3)33-26(34)23(16-21-9-5-4-6-10-21)32-27(35)24-17-30-13-14-31-24/h4-6,9-10,13-14,17,20,22-23,25,29H,7-8,11-12,15-16,18-19H2,1-3H3,(H,32,35)(H,33,34)/t23-,25-/m0/s1. The Labute approximate surface area is 220 Å². The van der Waals surface area contributed by atoms with E-state index >= 15 is 0 Å². The molecule has 3 rings (SSSR count). The predicted octanol–water partition coefficient (Wildman–Crippen LogP) is 2.43. The van der Waals surface area contributed by atoms with Crippen LogP contribution in [-0.4, -0.2) is 67.7 Å². The Kier molecular flexibility index (Phi) is 12.0. The smallest absolute Gasteiger partial charge is 0.409 e. The number of rotatable bonds is 14. The second-order valence-corrected chi connectivity index (χ2v) is 10.1. The van der Waals surface area contributed by atoms with Crippen molar-refractivity contribution in [2.45, 2.75) is 57.9 Å². The second-order valence-electron chi connectivity index (χ2n) is 10.1. The highest BCUT2D eigenvalue weighted by Crippen LogP contribution is 2.20. The quantitative estimate of drug-likeness (QED) is 0.265. The van der Waals surface area contributed by atoms with Crippen LogP contribution in [0.15, 0.2) is 48.9 Å². The first-order valence-corrected chi connectivity index (χ1v) is 13.2. The lowest BCUT2D eigenvalue weighted by atomic mass is 9.72. The lowest BCUT2D eigenvalue weighted by molar-refractivity contribution is -0.123. The van der Waals surface area contributed by atoms with E-state index in [9.17, 15) is 9.59 Å². The van der Waals surface area contributed by atoms with Crippen LogP contribution in [-0.2, 0) is 20.5 Å². The first kappa shape index (κ1) is 28.8. The molecule has 2 heterocycles. The number of amides is 2. The summed E-state index contributed by atoms with van der Waals surface area (Å²) in [5, 5.41) is 9.14. The van der Waals surface area contributed by atoms with E-state index in [0.717, 1.165) is 31.4 Å². The monoisotopic (exact) mass is 509 g/mol. The van der Waals surface area contributed by atoms with E-state index in [1.807, 2.05) is 37.4 Å². The fraction of sp³-hybridized carbons (Fsp3) is 0.556. The molecule has 0 bridgehead atoms. The molecule has 3 N–H and O–H groups in total. The van der Waals surface area contributed by atoms with Gasteiger partial charge in [0.25, 0.3) is 5.91 Å². The molecule has 1 aliphatic heterocycles. The third kappa shape index (κ3) is 9.87. The van der Waals surface area contributed by atoms with Crippen LogP contribution in [0.3, 0.4) is 0 Å². The maximum absolute atomic E-state index is 13.5. The van der Waals surface area contributed by atoms with Gasteiger partial charge in [0, 0.05) is 37.9 Å². The van der Waals surface area contributed by atoms with Crippen molar-refractivity contribution in [1.82, 2.24) is 25.9 Å². The van der Waals surface area contributed by atoms with Crippen molar-refractivity contribution in [1.29, 1.82) is 0 Å². The normalized spacial score (nSPS) is 15.8. The second kappa shape index (κ2) is 15.4. The SMILES string of the molecule is CNCCCCC1COB([C@H](CC(C)C)NC(=O)[C@H](Cc2ccccc2)NC(=O)c2cnccn2)OC1. The summed E-state index contributed by atoms with van der Waals surface area (Å²) in [6, 6.07) is 8.82. The van der Waals surface area contributed by atoms with Gasteiger partial charge in [-0.3, -0.25) is 14.6 Å². The molecule has 37 heavy (non-hydrogen) atoms. The molecule has 2 amide bonds. The Hall–Kier alpha value is -2.82. The number of aromatic nitrogens is 2. The molecule has 1 aromatic carbocycles. The van der Waals surface area contributed by atoms with Crippen molar-refractivity contribution in [3.8, 4) is 0 Å². The minimum Gasteiger partial charge on any atom is -0.409 e. The Balaban J connectivity index is 1.65. The van der Waals surface area contributed by atoms with Crippen LogP contribution >= 0.6 is 0 Å². The first-order chi connectivity index (χ1) is 18.0. The summed E-state index contributed by atoms with van der Waals surface area (Å²) in [7, 11) is 1.44. The van der Waals surface area contributed by atoms with Crippen molar-refractivity contribution in [3.63, 3.8) is 0 Å². The van der Waals surface area contributed by atoms with E-state index in [-0.39, 0.29) is 17.5 Å². The van der Waals surface area contributed by atoms with Crippen LogP contribution in [0.25, 0.3) is 0 Å². The van der Waals surface area contributed by atoms with E-state index in [4.69, 9.17) is 9.31 Å². The van der Waals surface area contributed by atoms with Gasteiger partial charge in [-0.25, -0.2) is 4.98 Å². The zero-order chi connectivity index (χ0) is 26.5. The number of carbonyl (C=O) groups excluding carboxylic acids is 2. The van der Waals surface area contributed by atoms with Gasteiger partial charge in [0.05, 0.1) is 12.1 Å². The molecule has 1 fully saturated rings. The van der Waals surface area contributed by atoms with E-state index in [0.29, 0.717) is 37.9 Å².